The average molecular weight is 1280 g/mol. The fourth-order valence-electron chi connectivity index (χ4n) is 15.2. The van der Waals surface area contributed by atoms with E-state index in [1.807, 2.05) is 18.2 Å². The Kier molecular flexibility index (Phi) is 15.2. The van der Waals surface area contributed by atoms with Crippen LogP contribution in [0.25, 0.3) is 160 Å². The van der Waals surface area contributed by atoms with E-state index in [0.29, 0.717) is 5.82 Å². The number of rotatable bonds is 12. The fourth-order valence-corrected chi connectivity index (χ4v) is 15.2. The lowest BCUT2D eigenvalue weighted by molar-refractivity contribution is 0.562. The molecule has 472 valence electrons. The van der Waals surface area contributed by atoms with Crippen molar-refractivity contribution in [3.05, 3.63) is 375 Å². The predicted octanol–water partition coefficient (Wildman–Crippen LogP) is 24.4. The van der Waals surface area contributed by atoms with E-state index in [0.717, 1.165) is 62.6 Å². The summed E-state index contributed by atoms with van der Waals surface area (Å²) in [4.78, 5) is 15.2. The third-order valence-corrected chi connectivity index (χ3v) is 19.8. The molecule has 0 radical (unpaired) electrons. The number of aryl methyl sites for hydroxylation is 1. The van der Waals surface area contributed by atoms with Crippen LogP contribution in [0.3, 0.4) is 0 Å². The first-order chi connectivity index (χ1) is 49.6. The monoisotopic (exact) mass is 1280 g/mol. The molecule has 0 atom stereocenters. The van der Waals surface area contributed by atoms with Crippen LogP contribution in [0.1, 0.15) is 24.5 Å². The molecule has 4 heterocycles. The van der Waals surface area contributed by atoms with Gasteiger partial charge in [-0.15, -0.1) is 0 Å². The highest BCUT2D eigenvalue weighted by molar-refractivity contribution is 6.21. The Balaban J connectivity index is 0.000000150. The van der Waals surface area contributed by atoms with Gasteiger partial charge in [0.25, 0.3) is 0 Å². The molecule has 6 heteroatoms. The van der Waals surface area contributed by atoms with Crippen molar-refractivity contribution in [1.29, 1.82) is 0 Å². The summed E-state index contributed by atoms with van der Waals surface area (Å²) in [6, 6.07) is 130. The summed E-state index contributed by atoms with van der Waals surface area (Å²) in [6.45, 7) is 2.17. The van der Waals surface area contributed by atoms with Crippen molar-refractivity contribution < 1.29 is 0 Å². The van der Waals surface area contributed by atoms with E-state index in [9.17, 15) is 0 Å². The van der Waals surface area contributed by atoms with Gasteiger partial charge in [0.1, 0.15) is 12.0 Å². The van der Waals surface area contributed by atoms with Crippen molar-refractivity contribution in [2.45, 2.75) is 19.5 Å². The number of hydrogen-bond donors (Lipinski definition) is 0. The zero-order valence-corrected chi connectivity index (χ0v) is 55.1. The maximum absolute atomic E-state index is 5.20. The molecule has 0 unspecified atom stereocenters. The second-order valence-electron chi connectivity index (χ2n) is 25.6. The van der Waals surface area contributed by atoms with Crippen molar-refractivity contribution in [2.24, 2.45) is 0 Å². The molecule has 0 bridgehead atoms. The van der Waals surface area contributed by atoms with Crippen molar-refractivity contribution in [3.63, 3.8) is 0 Å². The third-order valence-electron chi connectivity index (χ3n) is 19.8. The van der Waals surface area contributed by atoms with E-state index < -0.39 is 0 Å². The lowest BCUT2D eigenvalue weighted by Crippen LogP contribution is -2.19. The number of nitrogens with zero attached hydrogens (tertiary/aromatic N) is 6. The Bertz CT molecular complexity index is 5950. The SMILES string of the molecule is CCc1nc2ccccc2n1-c1ccc(-c2c3ccccc3c(-c3ccc(-c4ccccc4)cc3)c3ccccc23)cc1.c1ccc(-c2cccc(-c3cc(-c4ccc(C(n5c6ccccc6c6ccccc65)n5c6ccccc6c6ccccc65)cc4)nc(-c4ccccc4)n3)c2)cc1. The fraction of sp³-hybridized carbons (Fsp3) is 0.0319. The lowest BCUT2D eigenvalue weighted by Gasteiger charge is -2.26. The molecule has 0 aliphatic rings. The standard InChI is InChI=1S/C53H36N4.C41H30N2/c1-3-16-36(17-4-1)40-20-15-21-41(34-40)47-35-46(54-52(55-47)38-18-5-2-6-19-38)37-30-32-39(33-31-37)53(56-48-26-11-7-22-42(48)43-23-8-12-27-49(43)56)57-50-28-13-9-24-44(50)45-25-10-14-29-51(45)57;1-2-39-42-37-18-10-11-19-38(37)43(39)32-26-24-31(25-27-32)41-35-16-8-6-14-33(35)40(34-15-7-9-17-36(34)41)30-22-20-29(21-23-30)28-12-4-3-5-13-28/h1-35,53H;3-27H,2H2,1H3. The molecule has 15 aromatic carbocycles. The van der Waals surface area contributed by atoms with Gasteiger partial charge in [-0.2, -0.15) is 0 Å². The van der Waals surface area contributed by atoms with Gasteiger partial charge < -0.3 is 9.13 Å². The topological polar surface area (TPSA) is 53.5 Å². The lowest BCUT2D eigenvalue weighted by atomic mass is 9.85. The highest BCUT2D eigenvalue weighted by atomic mass is 15.2. The van der Waals surface area contributed by atoms with Gasteiger partial charge in [-0.3, -0.25) is 4.57 Å². The van der Waals surface area contributed by atoms with Gasteiger partial charge in [-0.05, 0) is 132 Å². The highest BCUT2D eigenvalue weighted by Gasteiger charge is 2.27. The van der Waals surface area contributed by atoms with E-state index in [1.54, 1.807) is 0 Å². The van der Waals surface area contributed by atoms with Crippen molar-refractivity contribution >= 4 is 76.2 Å². The number of aromatic nitrogens is 6. The number of hydrogen-bond acceptors (Lipinski definition) is 3. The number of imidazole rings is 1. The third kappa shape index (κ3) is 10.6. The summed E-state index contributed by atoms with van der Waals surface area (Å²) in [6.07, 6.45) is 0.690. The predicted molar refractivity (Wildman–Crippen MR) is 418 cm³/mol. The summed E-state index contributed by atoms with van der Waals surface area (Å²) >= 11 is 0. The van der Waals surface area contributed by atoms with E-state index in [2.05, 4.69) is 366 Å². The van der Waals surface area contributed by atoms with Gasteiger partial charge in [0.2, 0.25) is 0 Å². The Hall–Kier alpha value is -13.0. The Morgan fingerprint density at radius 1 is 0.260 bits per heavy atom. The van der Waals surface area contributed by atoms with Gasteiger partial charge in [0.15, 0.2) is 5.82 Å². The zero-order chi connectivity index (χ0) is 66.5. The van der Waals surface area contributed by atoms with E-state index in [-0.39, 0.29) is 6.17 Å². The maximum Gasteiger partial charge on any atom is 0.160 e. The molecule has 4 aromatic heterocycles. The smallest absolute Gasteiger partial charge is 0.160 e. The second kappa shape index (κ2) is 25.5. The Morgan fingerprint density at radius 2 is 0.610 bits per heavy atom. The van der Waals surface area contributed by atoms with Crippen LogP contribution in [0, 0.1) is 0 Å². The first-order valence-electron chi connectivity index (χ1n) is 34.4. The number of benzene rings is 15. The minimum atomic E-state index is -0.185. The molecule has 0 aliphatic heterocycles. The molecule has 6 nitrogen and oxygen atoms in total. The Morgan fingerprint density at radius 3 is 1.09 bits per heavy atom. The molecular weight excluding hydrogens is 1210 g/mol. The van der Waals surface area contributed by atoms with Crippen molar-refractivity contribution in [2.75, 3.05) is 0 Å². The van der Waals surface area contributed by atoms with Gasteiger partial charge in [0, 0.05) is 50.3 Å². The van der Waals surface area contributed by atoms with Gasteiger partial charge in [-0.25, -0.2) is 15.0 Å². The van der Waals surface area contributed by atoms with E-state index in [4.69, 9.17) is 15.0 Å². The van der Waals surface area contributed by atoms with Crippen LogP contribution in [0.15, 0.2) is 364 Å². The summed E-state index contributed by atoms with van der Waals surface area (Å²) < 4.78 is 7.33. The molecule has 0 N–H and O–H groups in total. The molecule has 100 heavy (non-hydrogen) atoms. The molecule has 19 rings (SSSR count). The Labute approximate surface area is 580 Å². The second-order valence-corrected chi connectivity index (χ2v) is 25.6. The molecule has 0 amide bonds. The highest BCUT2D eigenvalue weighted by Crippen LogP contribution is 2.46. The summed E-state index contributed by atoms with van der Waals surface area (Å²) in [5.41, 5.74) is 23.9. The molecule has 0 spiro atoms. The minimum Gasteiger partial charge on any atom is -0.315 e. The normalized spacial score (nSPS) is 11.6. The first-order valence-corrected chi connectivity index (χ1v) is 34.4. The van der Waals surface area contributed by atoms with E-state index >= 15 is 0 Å². The first kappa shape index (κ1) is 59.5. The van der Waals surface area contributed by atoms with Crippen LogP contribution in [-0.2, 0) is 6.42 Å². The van der Waals surface area contributed by atoms with Crippen LogP contribution in [0.2, 0.25) is 0 Å². The summed E-state index contributed by atoms with van der Waals surface area (Å²) in [5.74, 6) is 1.78. The average Bonchev–Trinajstić information content (AvgIpc) is 1.58. The molecule has 19 aromatic rings. The van der Waals surface area contributed by atoms with Crippen LogP contribution in [-0.4, -0.2) is 28.7 Å². The van der Waals surface area contributed by atoms with Gasteiger partial charge in [-0.1, -0.05) is 310 Å². The number of fused-ring (bicyclic) bond motifs is 9. The van der Waals surface area contributed by atoms with Crippen LogP contribution < -0.4 is 0 Å². The van der Waals surface area contributed by atoms with Crippen LogP contribution in [0.4, 0.5) is 0 Å². The molecule has 0 saturated heterocycles. The maximum atomic E-state index is 5.20. The summed E-state index contributed by atoms with van der Waals surface area (Å²) in [5, 5.41) is 10.0. The van der Waals surface area contributed by atoms with Crippen LogP contribution in [0.5, 0.6) is 0 Å². The summed E-state index contributed by atoms with van der Waals surface area (Å²) in [7, 11) is 0. The molecule has 0 saturated carbocycles. The largest absolute Gasteiger partial charge is 0.315 e. The van der Waals surface area contributed by atoms with Crippen molar-refractivity contribution in [1.82, 2.24) is 28.7 Å². The molecular formula is C94H66N6. The minimum absolute atomic E-state index is 0.185. The van der Waals surface area contributed by atoms with E-state index in [1.165, 1.54) is 110 Å². The molecule has 0 aliphatic carbocycles. The van der Waals surface area contributed by atoms with Crippen molar-refractivity contribution in [3.8, 4) is 84.1 Å². The van der Waals surface area contributed by atoms with Gasteiger partial charge in [0.05, 0.1) is 44.5 Å². The molecule has 0 fully saturated rings. The van der Waals surface area contributed by atoms with Gasteiger partial charge >= 0.3 is 0 Å². The van der Waals surface area contributed by atoms with Crippen LogP contribution >= 0.6 is 0 Å². The number of para-hydroxylation sites is 6. The quantitative estimate of drug-likeness (QED) is 0.115. The zero-order valence-electron chi connectivity index (χ0n) is 55.1.